The quantitative estimate of drug-likeness (QED) is 0.364. The van der Waals surface area contributed by atoms with Crippen LogP contribution in [0.15, 0.2) is 30.3 Å². The summed E-state index contributed by atoms with van der Waals surface area (Å²) < 4.78 is 4.84. The number of carbonyl (C=O) groups is 1. The van der Waals surface area contributed by atoms with Gasteiger partial charge in [0.15, 0.2) is 0 Å². The van der Waals surface area contributed by atoms with Crippen molar-refractivity contribution in [2.75, 3.05) is 11.9 Å². The number of ether oxygens (including phenoxy) is 1. The fourth-order valence-electron chi connectivity index (χ4n) is 0.941. The summed E-state index contributed by atoms with van der Waals surface area (Å²) >= 11 is 3.01. The van der Waals surface area contributed by atoms with E-state index in [0.29, 0.717) is 13.0 Å². The highest BCUT2D eigenvalue weighted by Crippen LogP contribution is 1.95. The van der Waals surface area contributed by atoms with E-state index in [2.05, 4.69) is 27.8 Å². The molecule has 0 spiro atoms. The molecule has 78 valence electrons. The van der Waals surface area contributed by atoms with Gasteiger partial charge in [-0.1, -0.05) is 46.0 Å². The normalized spacial score (nSPS) is 8.87. The molecule has 0 N–H and O–H groups in total. The molecular formula is C12H11BrO2. The van der Waals surface area contributed by atoms with E-state index in [4.69, 9.17) is 4.74 Å². The second kappa shape index (κ2) is 7.08. The van der Waals surface area contributed by atoms with Crippen molar-refractivity contribution in [2.24, 2.45) is 0 Å². The van der Waals surface area contributed by atoms with Crippen molar-refractivity contribution < 1.29 is 9.53 Å². The number of hydrogen-bond donors (Lipinski definition) is 0. The zero-order chi connectivity index (χ0) is 10.9. The largest absolute Gasteiger partial charge is 0.464 e. The van der Waals surface area contributed by atoms with Crippen molar-refractivity contribution in [3.8, 4) is 11.8 Å². The molecule has 2 nitrogen and oxygen atoms in total. The summed E-state index contributed by atoms with van der Waals surface area (Å²) in [5, 5.41) is 0.235. The molecule has 0 atom stereocenters. The second-order valence-electron chi connectivity index (χ2n) is 2.77. The van der Waals surface area contributed by atoms with Crippen molar-refractivity contribution >= 4 is 21.9 Å². The first-order chi connectivity index (χ1) is 7.33. The first kappa shape index (κ1) is 11.8. The lowest BCUT2D eigenvalue weighted by atomic mass is 10.2. The Bertz CT molecular complexity index is 362. The highest BCUT2D eigenvalue weighted by Gasteiger charge is 1.95. The van der Waals surface area contributed by atoms with Crippen LogP contribution in [0.1, 0.15) is 12.0 Å². The summed E-state index contributed by atoms with van der Waals surface area (Å²) in [4.78, 5) is 10.7. The third-order valence-corrected chi connectivity index (χ3v) is 2.06. The van der Waals surface area contributed by atoms with Gasteiger partial charge in [-0.05, 0) is 12.1 Å². The van der Waals surface area contributed by atoms with Gasteiger partial charge in [-0.3, -0.25) is 4.79 Å². The number of rotatable bonds is 3. The van der Waals surface area contributed by atoms with Crippen LogP contribution >= 0.6 is 15.9 Å². The number of benzene rings is 1. The van der Waals surface area contributed by atoms with Gasteiger partial charge in [-0.25, -0.2) is 0 Å². The van der Waals surface area contributed by atoms with E-state index in [1.807, 2.05) is 30.3 Å². The molecule has 0 saturated carbocycles. The minimum atomic E-state index is -0.253. The van der Waals surface area contributed by atoms with Gasteiger partial charge in [0.2, 0.25) is 0 Å². The summed E-state index contributed by atoms with van der Waals surface area (Å²) in [5.74, 6) is 5.67. The van der Waals surface area contributed by atoms with Crippen molar-refractivity contribution in [3.05, 3.63) is 35.9 Å². The molecule has 0 aliphatic heterocycles. The van der Waals surface area contributed by atoms with Crippen LogP contribution in [-0.4, -0.2) is 17.9 Å². The van der Waals surface area contributed by atoms with E-state index in [1.54, 1.807) is 0 Å². The molecule has 0 radical (unpaired) electrons. The van der Waals surface area contributed by atoms with Gasteiger partial charge in [0.05, 0.1) is 0 Å². The molecule has 0 fully saturated rings. The van der Waals surface area contributed by atoms with Gasteiger partial charge in [0.1, 0.15) is 11.9 Å². The van der Waals surface area contributed by atoms with Gasteiger partial charge in [0, 0.05) is 12.0 Å². The first-order valence-corrected chi connectivity index (χ1v) is 5.70. The maximum atomic E-state index is 10.7. The summed E-state index contributed by atoms with van der Waals surface area (Å²) in [7, 11) is 0. The highest BCUT2D eigenvalue weighted by atomic mass is 79.9. The Morgan fingerprint density at radius 2 is 2.07 bits per heavy atom. The Labute approximate surface area is 97.8 Å². The van der Waals surface area contributed by atoms with Gasteiger partial charge < -0.3 is 4.74 Å². The lowest BCUT2D eigenvalue weighted by Crippen LogP contribution is -2.05. The lowest BCUT2D eigenvalue weighted by molar-refractivity contribution is -0.140. The zero-order valence-corrected chi connectivity index (χ0v) is 9.79. The Kier molecular flexibility index (Phi) is 5.57. The average molecular weight is 267 g/mol. The maximum Gasteiger partial charge on any atom is 0.316 e. The van der Waals surface area contributed by atoms with Crippen LogP contribution in [0.3, 0.4) is 0 Å². The average Bonchev–Trinajstić information content (AvgIpc) is 2.29. The molecule has 1 rings (SSSR count). The van der Waals surface area contributed by atoms with Crippen LogP contribution in [-0.2, 0) is 9.53 Å². The highest BCUT2D eigenvalue weighted by molar-refractivity contribution is 9.09. The van der Waals surface area contributed by atoms with Crippen molar-refractivity contribution in [2.45, 2.75) is 6.42 Å². The molecule has 0 heterocycles. The van der Waals surface area contributed by atoms with Crippen LogP contribution < -0.4 is 0 Å². The van der Waals surface area contributed by atoms with E-state index in [9.17, 15) is 4.79 Å². The standard InChI is InChI=1S/C12H11BrO2/c13-10-12(14)15-9-5-4-8-11-6-2-1-3-7-11/h1-3,6-7H,5,9-10H2. The third kappa shape index (κ3) is 5.24. The summed E-state index contributed by atoms with van der Waals surface area (Å²) in [6.45, 7) is 0.351. The Balaban J connectivity index is 2.26. The van der Waals surface area contributed by atoms with Crippen LogP contribution in [0.5, 0.6) is 0 Å². The SMILES string of the molecule is O=C(CBr)OCCC#Cc1ccccc1. The first-order valence-electron chi connectivity index (χ1n) is 4.58. The van der Waals surface area contributed by atoms with Crippen LogP contribution in [0.4, 0.5) is 0 Å². The van der Waals surface area contributed by atoms with E-state index in [-0.39, 0.29) is 11.3 Å². The van der Waals surface area contributed by atoms with Gasteiger partial charge in [-0.15, -0.1) is 0 Å². The molecule has 1 aromatic rings. The number of carbonyl (C=O) groups excluding carboxylic acids is 1. The van der Waals surface area contributed by atoms with Crippen LogP contribution in [0, 0.1) is 11.8 Å². The molecule has 0 aliphatic rings. The van der Waals surface area contributed by atoms with E-state index < -0.39 is 0 Å². The Morgan fingerprint density at radius 1 is 1.33 bits per heavy atom. The van der Waals surface area contributed by atoms with Crippen LogP contribution in [0.2, 0.25) is 0 Å². The van der Waals surface area contributed by atoms with Crippen molar-refractivity contribution in [1.29, 1.82) is 0 Å². The molecular weight excluding hydrogens is 256 g/mol. The van der Waals surface area contributed by atoms with Gasteiger partial charge in [-0.2, -0.15) is 0 Å². The number of alkyl halides is 1. The molecule has 0 aromatic heterocycles. The molecule has 0 saturated heterocycles. The summed E-state index contributed by atoms with van der Waals surface area (Å²) in [5.41, 5.74) is 0.976. The number of esters is 1. The number of hydrogen-bond acceptors (Lipinski definition) is 2. The summed E-state index contributed by atoms with van der Waals surface area (Å²) in [6, 6.07) is 9.71. The molecule has 0 bridgehead atoms. The molecule has 0 amide bonds. The molecule has 3 heteroatoms. The zero-order valence-electron chi connectivity index (χ0n) is 8.20. The van der Waals surface area contributed by atoms with Crippen molar-refractivity contribution in [1.82, 2.24) is 0 Å². The molecule has 0 aliphatic carbocycles. The lowest BCUT2D eigenvalue weighted by Gasteiger charge is -1.96. The predicted molar refractivity (Wildman–Crippen MR) is 62.7 cm³/mol. The van der Waals surface area contributed by atoms with E-state index in [0.717, 1.165) is 5.56 Å². The minimum absolute atomic E-state index is 0.235. The topological polar surface area (TPSA) is 26.3 Å². The van der Waals surface area contributed by atoms with Crippen molar-refractivity contribution in [3.63, 3.8) is 0 Å². The Morgan fingerprint density at radius 3 is 2.73 bits per heavy atom. The monoisotopic (exact) mass is 266 g/mol. The molecule has 0 unspecified atom stereocenters. The van der Waals surface area contributed by atoms with Crippen LogP contribution in [0.25, 0.3) is 0 Å². The summed E-state index contributed by atoms with van der Waals surface area (Å²) in [6.07, 6.45) is 0.563. The minimum Gasteiger partial charge on any atom is -0.464 e. The second-order valence-corrected chi connectivity index (χ2v) is 3.33. The molecule has 1 aromatic carbocycles. The fourth-order valence-corrected chi connectivity index (χ4v) is 1.10. The predicted octanol–water partition coefficient (Wildman–Crippen LogP) is 2.37. The molecule has 15 heavy (non-hydrogen) atoms. The smallest absolute Gasteiger partial charge is 0.316 e. The maximum absolute atomic E-state index is 10.7. The fraction of sp³-hybridized carbons (Fsp3) is 0.250. The van der Waals surface area contributed by atoms with E-state index >= 15 is 0 Å². The van der Waals surface area contributed by atoms with Gasteiger partial charge >= 0.3 is 5.97 Å². The number of halogens is 1. The van der Waals surface area contributed by atoms with E-state index in [1.165, 1.54) is 0 Å². The Hall–Kier alpha value is -1.27. The third-order valence-electron chi connectivity index (χ3n) is 1.61. The van der Waals surface area contributed by atoms with Gasteiger partial charge in [0.25, 0.3) is 0 Å².